The van der Waals surface area contributed by atoms with Crippen molar-refractivity contribution in [2.45, 2.75) is 32.2 Å². The van der Waals surface area contributed by atoms with E-state index < -0.39 is 5.97 Å². The van der Waals surface area contributed by atoms with E-state index in [4.69, 9.17) is 18.9 Å². The highest BCUT2D eigenvalue weighted by atomic mass is 16.5. The van der Waals surface area contributed by atoms with Crippen molar-refractivity contribution in [3.63, 3.8) is 0 Å². The predicted molar refractivity (Wildman–Crippen MR) is 134 cm³/mol. The van der Waals surface area contributed by atoms with Gasteiger partial charge in [-0.05, 0) is 68.6 Å². The smallest absolute Gasteiger partial charge is 0.341 e. The number of methoxy groups -OCH3 is 2. The van der Waals surface area contributed by atoms with Crippen LogP contribution < -0.4 is 9.47 Å². The van der Waals surface area contributed by atoms with Gasteiger partial charge in [-0.2, -0.15) is 0 Å². The molecular weight excluding hydrogens is 446 g/mol. The zero-order chi connectivity index (χ0) is 24.6. The number of carbonyl (C=O) groups is 1. The molecule has 1 aliphatic heterocycles. The van der Waals surface area contributed by atoms with Crippen molar-refractivity contribution < 1.29 is 23.7 Å². The minimum absolute atomic E-state index is 0.404. The van der Waals surface area contributed by atoms with Gasteiger partial charge in [-0.3, -0.25) is 4.90 Å². The molecule has 4 rings (SSSR count). The van der Waals surface area contributed by atoms with Crippen LogP contribution in [0.15, 0.2) is 42.7 Å². The van der Waals surface area contributed by atoms with Gasteiger partial charge in [0.05, 0.1) is 20.8 Å². The molecule has 0 N–H and O–H groups in total. The van der Waals surface area contributed by atoms with Gasteiger partial charge in [0, 0.05) is 43.5 Å². The average molecular weight is 482 g/mol. The molecule has 2 aromatic heterocycles. The number of carbonyl (C=O) groups excluding carboxylic acids is 1. The molecular formula is C27H35N3O5. The number of likely N-dealkylation sites (tertiary alicyclic amines) is 1. The Morgan fingerprint density at radius 1 is 1.11 bits per heavy atom. The van der Waals surface area contributed by atoms with Gasteiger partial charge in [0.15, 0.2) is 0 Å². The Balaban J connectivity index is 1.34. The van der Waals surface area contributed by atoms with Crippen molar-refractivity contribution in [2.75, 3.05) is 53.7 Å². The molecule has 0 saturated carbocycles. The number of fused-ring (bicyclic) bond motifs is 1. The second-order valence-electron chi connectivity index (χ2n) is 8.67. The zero-order valence-corrected chi connectivity index (χ0v) is 20.9. The molecule has 0 atom stereocenters. The van der Waals surface area contributed by atoms with Crippen LogP contribution in [-0.2, 0) is 16.0 Å². The van der Waals surface area contributed by atoms with Crippen molar-refractivity contribution in [1.29, 1.82) is 0 Å². The molecule has 0 bridgehead atoms. The largest absolute Gasteiger partial charge is 0.497 e. The number of hydrogen-bond acceptors (Lipinski definition) is 7. The fourth-order valence-electron chi connectivity index (χ4n) is 4.73. The quantitative estimate of drug-likeness (QED) is 0.301. The normalized spacial score (nSPS) is 14.8. The van der Waals surface area contributed by atoms with Crippen molar-refractivity contribution in [1.82, 2.24) is 14.5 Å². The summed E-state index contributed by atoms with van der Waals surface area (Å²) in [5.41, 5.74) is 2.83. The van der Waals surface area contributed by atoms with Crippen LogP contribution in [-0.4, -0.2) is 74.1 Å². The van der Waals surface area contributed by atoms with Crippen molar-refractivity contribution in [3.8, 4) is 11.5 Å². The third-order valence-corrected chi connectivity index (χ3v) is 6.63. The molecule has 8 heteroatoms. The molecule has 188 valence electrons. The molecule has 1 aromatic carbocycles. The van der Waals surface area contributed by atoms with Gasteiger partial charge in [0.25, 0.3) is 0 Å². The first-order valence-corrected chi connectivity index (χ1v) is 12.3. The Morgan fingerprint density at radius 3 is 2.69 bits per heavy atom. The first-order chi connectivity index (χ1) is 17.1. The van der Waals surface area contributed by atoms with E-state index >= 15 is 0 Å². The monoisotopic (exact) mass is 481 g/mol. The molecule has 1 saturated heterocycles. The zero-order valence-electron chi connectivity index (χ0n) is 20.9. The number of benzene rings is 1. The maximum atomic E-state index is 12.1. The van der Waals surface area contributed by atoms with Gasteiger partial charge in [0.2, 0.25) is 0 Å². The van der Waals surface area contributed by atoms with Crippen LogP contribution in [0, 0.1) is 0 Å². The fraction of sp³-hybridized carbons (Fsp3) is 0.481. The number of nitrogens with zero attached hydrogens (tertiary/aromatic N) is 3. The Hall–Kier alpha value is -3.10. The SMILES string of the molecule is CCOCCn1cc(C2CCN(CCOc3cc(OC)ccc3C(=O)OC)CC2)c2cccnc21. The highest BCUT2D eigenvalue weighted by Crippen LogP contribution is 2.34. The van der Waals surface area contributed by atoms with Gasteiger partial charge < -0.3 is 23.5 Å². The second-order valence-corrected chi connectivity index (χ2v) is 8.67. The van der Waals surface area contributed by atoms with E-state index in [0.29, 0.717) is 36.2 Å². The number of aromatic nitrogens is 2. The van der Waals surface area contributed by atoms with E-state index in [1.165, 1.54) is 18.1 Å². The lowest BCUT2D eigenvalue weighted by atomic mass is 9.89. The molecule has 3 heterocycles. The molecule has 3 aromatic rings. The van der Waals surface area contributed by atoms with Gasteiger partial charge in [-0.25, -0.2) is 9.78 Å². The van der Waals surface area contributed by atoms with Crippen LogP contribution >= 0.6 is 0 Å². The molecule has 1 aliphatic rings. The number of piperidine rings is 1. The maximum Gasteiger partial charge on any atom is 0.341 e. The van der Waals surface area contributed by atoms with Crippen LogP contribution in [0.2, 0.25) is 0 Å². The number of ether oxygens (including phenoxy) is 4. The van der Waals surface area contributed by atoms with Gasteiger partial charge in [-0.15, -0.1) is 0 Å². The third-order valence-electron chi connectivity index (χ3n) is 6.63. The topological polar surface area (TPSA) is 75.0 Å². The highest BCUT2D eigenvalue weighted by molar-refractivity contribution is 5.92. The molecule has 0 radical (unpaired) electrons. The molecule has 0 spiro atoms. The minimum atomic E-state index is -0.418. The number of rotatable bonds is 11. The van der Waals surface area contributed by atoms with E-state index in [9.17, 15) is 4.79 Å². The van der Waals surface area contributed by atoms with Crippen molar-refractivity contribution in [2.24, 2.45) is 0 Å². The van der Waals surface area contributed by atoms with E-state index in [1.54, 1.807) is 25.3 Å². The summed E-state index contributed by atoms with van der Waals surface area (Å²) in [4.78, 5) is 19.1. The summed E-state index contributed by atoms with van der Waals surface area (Å²) in [5, 5.41) is 1.25. The molecule has 0 aliphatic carbocycles. The molecule has 1 fully saturated rings. The minimum Gasteiger partial charge on any atom is -0.497 e. The first kappa shape index (κ1) is 25.0. The Kier molecular flexibility index (Phi) is 8.60. The molecule has 0 amide bonds. The lowest BCUT2D eigenvalue weighted by Crippen LogP contribution is -2.35. The van der Waals surface area contributed by atoms with Crippen LogP contribution in [0.5, 0.6) is 11.5 Å². The van der Waals surface area contributed by atoms with E-state index in [2.05, 4.69) is 26.7 Å². The first-order valence-electron chi connectivity index (χ1n) is 12.3. The Bertz CT molecular complexity index is 1120. The van der Waals surface area contributed by atoms with E-state index in [0.717, 1.165) is 51.3 Å². The molecule has 8 nitrogen and oxygen atoms in total. The summed E-state index contributed by atoms with van der Waals surface area (Å²) >= 11 is 0. The van der Waals surface area contributed by atoms with Gasteiger partial charge >= 0.3 is 5.97 Å². The third kappa shape index (κ3) is 5.94. The Morgan fingerprint density at radius 2 is 1.94 bits per heavy atom. The van der Waals surface area contributed by atoms with Crippen molar-refractivity contribution in [3.05, 3.63) is 53.9 Å². The number of esters is 1. The average Bonchev–Trinajstić information content (AvgIpc) is 3.27. The number of pyridine rings is 1. The van der Waals surface area contributed by atoms with Crippen molar-refractivity contribution >= 4 is 17.0 Å². The summed E-state index contributed by atoms with van der Waals surface area (Å²) in [6, 6.07) is 9.33. The lowest BCUT2D eigenvalue weighted by Gasteiger charge is -2.31. The van der Waals surface area contributed by atoms with Crippen LogP contribution in [0.25, 0.3) is 11.0 Å². The molecule has 35 heavy (non-hydrogen) atoms. The summed E-state index contributed by atoms with van der Waals surface area (Å²) in [6.07, 6.45) is 6.31. The van der Waals surface area contributed by atoms with Gasteiger partial charge in [-0.1, -0.05) is 0 Å². The van der Waals surface area contributed by atoms with Gasteiger partial charge in [0.1, 0.15) is 29.3 Å². The van der Waals surface area contributed by atoms with Crippen LogP contribution in [0.4, 0.5) is 0 Å². The summed E-state index contributed by atoms with van der Waals surface area (Å²) in [5.74, 6) is 1.22. The summed E-state index contributed by atoms with van der Waals surface area (Å²) in [7, 11) is 2.96. The fourth-order valence-corrected chi connectivity index (χ4v) is 4.73. The van der Waals surface area contributed by atoms with E-state index in [-0.39, 0.29) is 0 Å². The summed E-state index contributed by atoms with van der Waals surface area (Å²) < 4.78 is 23.9. The lowest BCUT2D eigenvalue weighted by molar-refractivity contribution is 0.0595. The summed E-state index contributed by atoms with van der Waals surface area (Å²) in [6.45, 7) is 7.54. The van der Waals surface area contributed by atoms with E-state index in [1.807, 2.05) is 19.2 Å². The number of hydrogen-bond donors (Lipinski definition) is 0. The standard InChI is InChI=1S/C27H35N3O5/c1-4-34-16-15-30-19-24(22-6-5-11-28-26(22)30)20-9-12-29(13-10-20)14-17-35-25-18-21(32-2)7-8-23(25)27(31)33-3/h5-8,11,18-20H,4,9-10,12-17H2,1-3H3. The maximum absolute atomic E-state index is 12.1. The van der Waals surface area contributed by atoms with Crippen LogP contribution in [0.1, 0.15) is 41.6 Å². The second kappa shape index (κ2) is 12.0. The Labute approximate surface area is 206 Å². The highest BCUT2D eigenvalue weighted by Gasteiger charge is 2.24. The van der Waals surface area contributed by atoms with Crippen LogP contribution in [0.3, 0.4) is 0 Å². The molecule has 0 unspecified atom stereocenters. The predicted octanol–water partition coefficient (Wildman–Crippen LogP) is 4.13.